The quantitative estimate of drug-likeness (QED) is 0.642. The van der Waals surface area contributed by atoms with Crippen LogP contribution in [0.1, 0.15) is 28.6 Å². The van der Waals surface area contributed by atoms with E-state index < -0.39 is 5.82 Å². The van der Waals surface area contributed by atoms with E-state index in [1.165, 1.54) is 19.2 Å². The van der Waals surface area contributed by atoms with Crippen molar-refractivity contribution in [1.82, 2.24) is 19.9 Å². The van der Waals surface area contributed by atoms with Crippen LogP contribution in [0.2, 0.25) is 0 Å². The van der Waals surface area contributed by atoms with Gasteiger partial charge in [0.25, 0.3) is 11.8 Å². The Morgan fingerprint density at radius 2 is 1.97 bits per heavy atom. The topological polar surface area (TPSA) is 71.7 Å². The summed E-state index contributed by atoms with van der Waals surface area (Å²) in [6.45, 7) is 2.10. The molecule has 3 heterocycles. The molecule has 8 heteroatoms. The Hall–Kier alpha value is -3.26. The molecule has 3 aromatic rings. The molecule has 2 fully saturated rings. The van der Waals surface area contributed by atoms with Crippen molar-refractivity contribution in [2.45, 2.75) is 12.5 Å². The van der Waals surface area contributed by atoms with Crippen molar-refractivity contribution in [3.63, 3.8) is 0 Å². The number of halogens is 1. The average molecular weight is 422 g/mol. The van der Waals surface area contributed by atoms with Crippen molar-refractivity contribution in [3.05, 3.63) is 65.7 Å². The number of amides is 1. The Kier molecular flexibility index (Phi) is 4.74. The molecule has 1 unspecified atom stereocenters. The third-order valence-electron chi connectivity index (χ3n) is 6.24. The summed E-state index contributed by atoms with van der Waals surface area (Å²) < 4.78 is 24.4. The van der Waals surface area contributed by atoms with Gasteiger partial charge in [0, 0.05) is 36.2 Å². The van der Waals surface area contributed by atoms with E-state index >= 15 is 0 Å². The fourth-order valence-electron chi connectivity index (χ4n) is 4.74. The Morgan fingerprint density at radius 1 is 1.19 bits per heavy atom. The fraction of sp³-hybridized carbons (Fsp3) is 0.348. The molecule has 2 aliphatic rings. The Balaban J connectivity index is 1.26. The third-order valence-corrected chi connectivity index (χ3v) is 6.24. The van der Waals surface area contributed by atoms with Crippen LogP contribution in [0.4, 0.5) is 4.39 Å². The molecule has 7 nitrogen and oxygen atoms in total. The molecule has 0 N–H and O–H groups in total. The predicted octanol–water partition coefficient (Wildman–Crippen LogP) is 3.40. The summed E-state index contributed by atoms with van der Waals surface area (Å²) in [5.41, 5.74) is 1.22. The van der Waals surface area contributed by atoms with E-state index in [1.54, 1.807) is 11.0 Å². The first-order valence-electron chi connectivity index (χ1n) is 10.2. The minimum atomic E-state index is -0.532. The molecule has 0 bridgehead atoms. The zero-order valence-electron chi connectivity index (χ0n) is 17.4. The smallest absolute Gasteiger partial charge is 0.257 e. The van der Waals surface area contributed by atoms with Gasteiger partial charge in [0.2, 0.25) is 0 Å². The number of carbonyl (C=O) groups is 1. The van der Waals surface area contributed by atoms with Crippen molar-refractivity contribution in [2.24, 2.45) is 5.41 Å². The van der Waals surface area contributed by atoms with E-state index in [4.69, 9.17) is 9.26 Å². The Labute approximate surface area is 179 Å². The largest absolute Gasteiger partial charge is 0.494 e. The monoisotopic (exact) mass is 422 g/mol. The molecule has 160 valence electrons. The highest BCUT2D eigenvalue weighted by atomic mass is 19.1. The molecule has 5 rings (SSSR count). The number of ether oxygens (including phenoxy) is 1. The van der Waals surface area contributed by atoms with Crippen molar-refractivity contribution in [3.8, 4) is 17.2 Å². The van der Waals surface area contributed by atoms with Gasteiger partial charge in [-0.2, -0.15) is 4.98 Å². The van der Waals surface area contributed by atoms with Gasteiger partial charge >= 0.3 is 0 Å². The van der Waals surface area contributed by atoms with Gasteiger partial charge in [-0.1, -0.05) is 23.4 Å². The van der Waals surface area contributed by atoms with Crippen molar-refractivity contribution in [2.75, 3.05) is 33.8 Å². The van der Waals surface area contributed by atoms with Crippen LogP contribution in [0.25, 0.3) is 11.5 Å². The summed E-state index contributed by atoms with van der Waals surface area (Å²) in [5.74, 6) is 0.615. The van der Waals surface area contributed by atoms with Gasteiger partial charge in [-0.15, -0.1) is 0 Å². The molecule has 2 saturated heterocycles. The maximum absolute atomic E-state index is 14.0. The Bertz CT molecular complexity index is 1110. The molecule has 1 spiro atoms. The normalized spacial score (nSPS) is 20.1. The number of rotatable bonds is 4. The van der Waals surface area contributed by atoms with E-state index in [-0.39, 0.29) is 23.1 Å². The lowest BCUT2D eigenvalue weighted by molar-refractivity contribution is 0.0115. The number of hydrogen-bond acceptors (Lipinski definition) is 6. The summed E-state index contributed by atoms with van der Waals surface area (Å²) in [4.78, 5) is 21.4. The summed E-state index contributed by atoms with van der Waals surface area (Å²) in [6, 6.07) is 14.1. The molecule has 31 heavy (non-hydrogen) atoms. The van der Waals surface area contributed by atoms with Crippen LogP contribution < -0.4 is 4.74 Å². The second-order valence-corrected chi connectivity index (χ2v) is 8.47. The number of methoxy groups -OCH3 is 1. The van der Waals surface area contributed by atoms with Gasteiger partial charge in [-0.05, 0) is 43.8 Å². The molecule has 1 amide bonds. The van der Waals surface area contributed by atoms with Crippen LogP contribution in [0.3, 0.4) is 0 Å². The standard InChI is InChI=1S/C23H23FN4O3/c1-27-12-23(11-18(27)20-25-21(31-26-20)15-6-4-3-5-7-15)13-28(14-23)22(29)16-8-9-19(30-2)17(24)10-16/h3-10,18H,11-14H2,1-2H3. The van der Waals surface area contributed by atoms with Gasteiger partial charge in [-0.25, -0.2) is 4.39 Å². The highest BCUT2D eigenvalue weighted by Crippen LogP contribution is 2.47. The zero-order valence-corrected chi connectivity index (χ0v) is 17.4. The van der Waals surface area contributed by atoms with Crippen LogP contribution in [0.5, 0.6) is 5.75 Å². The van der Waals surface area contributed by atoms with Crippen LogP contribution in [-0.2, 0) is 0 Å². The van der Waals surface area contributed by atoms with Gasteiger partial charge in [0.15, 0.2) is 17.4 Å². The summed E-state index contributed by atoms with van der Waals surface area (Å²) in [6.07, 6.45) is 0.845. The minimum Gasteiger partial charge on any atom is -0.494 e. The summed E-state index contributed by atoms with van der Waals surface area (Å²) >= 11 is 0. The van der Waals surface area contributed by atoms with Crippen molar-refractivity contribution in [1.29, 1.82) is 0 Å². The Morgan fingerprint density at radius 3 is 2.68 bits per heavy atom. The first-order chi connectivity index (χ1) is 15.0. The van der Waals surface area contributed by atoms with Gasteiger partial charge in [0.05, 0.1) is 13.2 Å². The molecule has 0 saturated carbocycles. The molecule has 2 aromatic carbocycles. The molecule has 0 radical (unpaired) electrons. The van der Waals surface area contributed by atoms with E-state index in [0.717, 1.165) is 18.5 Å². The van der Waals surface area contributed by atoms with Gasteiger partial charge in [-0.3, -0.25) is 9.69 Å². The van der Waals surface area contributed by atoms with E-state index in [2.05, 4.69) is 15.0 Å². The third kappa shape index (κ3) is 3.46. The number of hydrogen-bond donors (Lipinski definition) is 0. The van der Waals surface area contributed by atoms with Crippen LogP contribution in [0.15, 0.2) is 53.1 Å². The van der Waals surface area contributed by atoms with E-state index in [9.17, 15) is 9.18 Å². The number of carbonyl (C=O) groups excluding carboxylic acids is 1. The van der Waals surface area contributed by atoms with E-state index in [0.29, 0.717) is 30.4 Å². The van der Waals surface area contributed by atoms with Crippen LogP contribution in [0, 0.1) is 11.2 Å². The van der Waals surface area contributed by atoms with Crippen molar-refractivity contribution < 1.29 is 18.4 Å². The fourth-order valence-corrected chi connectivity index (χ4v) is 4.74. The second-order valence-electron chi connectivity index (χ2n) is 8.47. The highest BCUT2D eigenvalue weighted by Gasteiger charge is 2.53. The molecular weight excluding hydrogens is 399 g/mol. The van der Waals surface area contributed by atoms with Crippen LogP contribution in [-0.4, -0.2) is 59.6 Å². The SMILES string of the molecule is COc1ccc(C(=O)N2CC3(CC(c4noc(-c5ccccc5)n4)N(C)C3)C2)cc1F. The highest BCUT2D eigenvalue weighted by molar-refractivity contribution is 5.95. The maximum atomic E-state index is 14.0. The van der Waals surface area contributed by atoms with Gasteiger partial charge < -0.3 is 14.2 Å². The van der Waals surface area contributed by atoms with Crippen molar-refractivity contribution >= 4 is 5.91 Å². The lowest BCUT2D eigenvalue weighted by Crippen LogP contribution is -2.59. The minimum absolute atomic E-state index is 0.00632. The first-order valence-corrected chi connectivity index (χ1v) is 10.2. The molecule has 2 aliphatic heterocycles. The number of benzene rings is 2. The first kappa shape index (κ1) is 19.7. The lowest BCUT2D eigenvalue weighted by atomic mass is 9.77. The molecule has 1 aromatic heterocycles. The number of likely N-dealkylation sites (tertiary alicyclic amines) is 2. The molecule has 1 atom stereocenters. The molecular formula is C23H23FN4O3. The average Bonchev–Trinajstić information content (AvgIpc) is 3.37. The molecule has 0 aliphatic carbocycles. The van der Waals surface area contributed by atoms with Gasteiger partial charge in [0.1, 0.15) is 0 Å². The van der Waals surface area contributed by atoms with E-state index in [1.807, 2.05) is 37.4 Å². The zero-order chi connectivity index (χ0) is 21.6. The second kappa shape index (κ2) is 7.46. The maximum Gasteiger partial charge on any atom is 0.257 e. The summed E-state index contributed by atoms with van der Waals surface area (Å²) in [7, 11) is 3.44. The number of aromatic nitrogens is 2. The lowest BCUT2D eigenvalue weighted by Gasteiger charge is -2.48. The summed E-state index contributed by atoms with van der Waals surface area (Å²) in [5, 5.41) is 4.21. The van der Waals surface area contributed by atoms with Crippen LogP contribution >= 0.6 is 0 Å². The number of nitrogens with zero attached hydrogens (tertiary/aromatic N) is 4. The predicted molar refractivity (Wildman–Crippen MR) is 111 cm³/mol.